The van der Waals surface area contributed by atoms with Gasteiger partial charge in [0.2, 0.25) is 5.91 Å². The van der Waals surface area contributed by atoms with Gasteiger partial charge in [0.05, 0.1) is 11.5 Å². The highest BCUT2D eigenvalue weighted by molar-refractivity contribution is 7.91. The first kappa shape index (κ1) is 17.9. The van der Waals surface area contributed by atoms with E-state index >= 15 is 0 Å². The van der Waals surface area contributed by atoms with Crippen LogP contribution in [0.2, 0.25) is 0 Å². The highest BCUT2D eigenvalue weighted by Crippen LogP contribution is 2.20. The summed E-state index contributed by atoms with van der Waals surface area (Å²) in [5.41, 5.74) is 4.96. The van der Waals surface area contributed by atoms with Gasteiger partial charge < -0.3 is 10.8 Å². The number of piperidine rings is 1. The molecule has 122 valence electrons. The summed E-state index contributed by atoms with van der Waals surface area (Å²) in [5, 5.41) is 8.75. The number of rotatable bonds is 9. The Bertz CT molecular complexity index is 463. The summed E-state index contributed by atoms with van der Waals surface area (Å²) in [7, 11) is -3.29. The molecule has 1 heterocycles. The molecule has 0 radical (unpaired) electrons. The van der Waals surface area contributed by atoms with E-state index in [-0.39, 0.29) is 30.4 Å². The Hall–Kier alpha value is -1.15. The lowest BCUT2D eigenvalue weighted by atomic mass is 9.98. The monoisotopic (exact) mass is 320 g/mol. The standard InChI is InChI=1S/C13H24N2O5S/c14-12(16)6-9-21(19,20)10-8-15-7-2-1-3-11(15)4-5-13(17)18/h11H,1-10H2,(H2,14,16)(H,17,18). The van der Waals surface area contributed by atoms with Crippen LogP contribution in [0, 0.1) is 0 Å². The van der Waals surface area contributed by atoms with Crippen LogP contribution >= 0.6 is 0 Å². The van der Waals surface area contributed by atoms with Gasteiger partial charge in [-0.25, -0.2) is 8.42 Å². The number of carboxylic acids is 1. The molecular weight excluding hydrogens is 296 g/mol. The Balaban J connectivity index is 2.46. The molecule has 1 saturated heterocycles. The Morgan fingerprint density at radius 1 is 1.19 bits per heavy atom. The van der Waals surface area contributed by atoms with Crippen LogP contribution in [0.5, 0.6) is 0 Å². The van der Waals surface area contributed by atoms with E-state index in [1.165, 1.54) is 0 Å². The van der Waals surface area contributed by atoms with E-state index in [4.69, 9.17) is 10.8 Å². The van der Waals surface area contributed by atoms with Crippen molar-refractivity contribution in [1.82, 2.24) is 4.90 Å². The SMILES string of the molecule is NC(=O)CCS(=O)(=O)CCN1CCCCC1CCC(=O)O. The molecule has 8 heteroatoms. The van der Waals surface area contributed by atoms with Gasteiger partial charge in [0, 0.05) is 25.4 Å². The van der Waals surface area contributed by atoms with Gasteiger partial charge in [-0.3, -0.25) is 14.5 Å². The molecule has 7 nitrogen and oxygen atoms in total. The molecule has 0 bridgehead atoms. The van der Waals surface area contributed by atoms with Gasteiger partial charge in [0.15, 0.2) is 9.84 Å². The number of amides is 1. The van der Waals surface area contributed by atoms with Gasteiger partial charge in [-0.1, -0.05) is 6.42 Å². The second-order valence-corrected chi connectivity index (χ2v) is 7.79. The van der Waals surface area contributed by atoms with E-state index < -0.39 is 21.7 Å². The molecule has 1 unspecified atom stereocenters. The summed E-state index contributed by atoms with van der Waals surface area (Å²) in [6, 6.07) is 0.140. The van der Waals surface area contributed by atoms with Gasteiger partial charge in [-0.15, -0.1) is 0 Å². The molecule has 1 atom stereocenters. The Morgan fingerprint density at radius 3 is 2.52 bits per heavy atom. The van der Waals surface area contributed by atoms with E-state index in [9.17, 15) is 18.0 Å². The van der Waals surface area contributed by atoms with Crippen LogP contribution in [0.4, 0.5) is 0 Å². The Labute approximate surface area is 125 Å². The molecule has 0 spiro atoms. The first-order valence-electron chi connectivity index (χ1n) is 7.25. The molecule has 0 aromatic heterocycles. The van der Waals surface area contributed by atoms with E-state index in [1.807, 2.05) is 0 Å². The van der Waals surface area contributed by atoms with Crippen LogP contribution in [0.1, 0.15) is 38.5 Å². The summed E-state index contributed by atoms with van der Waals surface area (Å²) in [6.45, 7) is 1.20. The lowest BCUT2D eigenvalue weighted by molar-refractivity contribution is -0.137. The largest absolute Gasteiger partial charge is 0.481 e. The third-order valence-corrected chi connectivity index (χ3v) is 5.42. The lowest BCUT2D eigenvalue weighted by Crippen LogP contribution is -2.42. The second-order valence-electron chi connectivity index (χ2n) is 5.49. The number of carboxylic acid groups (broad SMARTS) is 1. The third-order valence-electron chi connectivity index (χ3n) is 3.79. The van der Waals surface area contributed by atoms with Crippen molar-refractivity contribution in [1.29, 1.82) is 0 Å². The maximum absolute atomic E-state index is 11.8. The number of hydrogen-bond acceptors (Lipinski definition) is 5. The molecule has 0 saturated carbocycles. The summed E-state index contributed by atoms with van der Waals surface area (Å²) in [5.74, 6) is -1.66. The average Bonchev–Trinajstić information content (AvgIpc) is 2.42. The van der Waals surface area contributed by atoms with Crippen molar-refractivity contribution in [2.24, 2.45) is 5.73 Å². The van der Waals surface area contributed by atoms with Crippen LogP contribution in [0.25, 0.3) is 0 Å². The van der Waals surface area contributed by atoms with E-state index in [0.29, 0.717) is 13.0 Å². The van der Waals surface area contributed by atoms with Crippen LogP contribution in [-0.2, 0) is 19.4 Å². The Morgan fingerprint density at radius 2 is 1.90 bits per heavy atom. The van der Waals surface area contributed by atoms with Gasteiger partial charge in [-0.2, -0.15) is 0 Å². The first-order valence-corrected chi connectivity index (χ1v) is 9.07. The molecule has 3 N–H and O–H groups in total. The lowest BCUT2D eigenvalue weighted by Gasteiger charge is -2.35. The van der Waals surface area contributed by atoms with Crippen molar-refractivity contribution in [2.75, 3.05) is 24.6 Å². The first-order chi connectivity index (χ1) is 9.80. The van der Waals surface area contributed by atoms with Crippen molar-refractivity contribution in [3.05, 3.63) is 0 Å². The number of aliphatic carboxylic acids is 1. The normalized spacial score (nSPS) is 20.3. The fraction of sp³-hybridized carbons (Fsp3) is 0.846. The molecule has 1 amide bonds. The minimum Gasteiger partial charge on any atom is -0.481 e. The zero-order valence-electron chi connectivity index (χ0n) is 12.2. The van der Waals surface area contributed by atoms with Gasteiger partial charge in [-0.05, 0) is 25.8 Å². The van der Waals surface area contributed by atoms with Crippen LogP contribution < -0.4 is 5.73 Å². The summed E-state index contributed by atoms with van der Waals surface area (Å²) in [4.78, 5) is 23.4. The average molecular weight is 320 g/mol. The molecule has 1 aliphatic rings. The van der Waals surface area contributed by atoms with E-state index in [2.05, 4.69) is 4.90 Å². The zero-order chi connectivity index (χ0) is 15.9. The molecule has 0 aliphatic carbocycles. The summed E-state index contributed by atoms with van der Waals surface area (Å²) < 4.78 is 23.6. The van der Waals surface area contributed by atoms with Crippen molar-refractivity contribution < 1.29 is 23.1 Å². The van der Waals surface area contributed by atoms with Crippen LogP contribution in [0.15, 0.2) is 0 Å². The zero-order valence-corrected chi connectivity index (χ0v) is 13.0. The van der Waals surface area contributed by atoms with E-state index in [1.54, 1.807) is 0 Å². The fourth-order valence-corrected chi connectivity index (χ4v) is 3.81. The number of nitrogens with two attached hydrogens (primary N) is 1. The molecule has 1 aliphatic heterocycles. The summed E-state index contributed by atoms with van der Waals surface area (Å²) in [6.07, 6.45) is 3.48. The Kier molecular flexibility index (Phi) is 7.10. The van der Waals surface area contributed by atoms with E-state index in [0.717, 1.165) is 25.8 Å². The second kappa shape index (κ2) is 8.33. The van der Waals surface area contributed by atoms with Crippen molar-refractivity contribution >= 4 is 21.7 Å². The molecule has 0 aromatic carbocycles. The number of primary amides is 1. The number of nitrogens with zero attached hydrogens (tertiary/aromatic N) is 1. The molecule has 1 fully saturated rings. The number of carbonyl (C=O) groups is 2. The summed E-state index contributed by atoms with van der Waals surface area (Å²) >= 11 is 0. The highest BCUT2D eigenvalue weighted by atomic mass is 32.2. The number of sulfone groups is 1. The number of hydrogen-bond donors (Lipinski definition) is 2. The molecular formula is C13H24N2O5S. The predicted octanol–water partition coefficient (Wildman–Crippen LogP) is -0.00410. The van der Waals surface area contributed by atoms with Gasteiger partial charge in [0.25, 0.3) is 0 Å². The minimum absolute atomic E-state index is 0.0101. The number of carbonyl (C=O) groups excluding carboxylic acids is 1. The predicted molar refractivity (Wildman–Crippen MR) is 78.5 cm³/mol. The third kappa shape index (κ3) is 7.42. The maximum Gasteiger partial charge on any atom is 0.303 e. The minimum atomic E-state index is -3.29. The molecule has 0 aromatic rings. The topological polar surface area (TPSA) is 118 Å². The van der Waals surface area contributed by atoms with Crippen LogP contribution in [0.3, 0.4) is 0 Å². The number of likely N-dealkylation sites (tertiary alicyclic amines) is 1. The van der Waals surface area contributed by atoms with Crippen molar-refractivity contribution in [3.63, 3.8) is 0 Å². The van der Waals surface area contributed by atoms with Gasteiger partial charge in [0.1, 0.15) is 0 Å². The molecule has 21 heavy (non-hydrogen) atoms. The van der Waals surface area contributed by atoms with Gasteiger partial charge >= 0.3 is 5.97 Å². The van der Waals surface area contributed by atoms with Crippen LogP contribution in [-0.4, -0.2) is 60.9 Å². The quantitative estimate of drug-likeness (QED) is 0.617. The molecule has 1 rings (SSSR count). The van der Waals surface area contributed by atoms with Crippen molar-refractivity contribution in [2.45, 2.75) is 44.6 Å². The maximum atomic E-state index is 11.8. The highest BCUT2D eigenvalue weighted by Gasteiger charge is 2.24. The van der Waals surface area contributed by atoms with Crippen molar-refractivity contribution in [3.8, 4) is 0 Å². The smallest absolute Gasteiger partial charge is 0.303 e. The fourth-order valence-electron chi connectivity index (χ4n) is 2.59.